The Kier molecular flexibility index (Phi) is 6.33. The molecule has 6 nitrogen and oxygen atoms in total. The van der Waals surface area contributed by atoms with Crippen LogP contribution in [0.15, 0.2) is 57.6 Å². The SMILES string of the molecule is O=S(=O)(O)c1ccc(N=Nc2ccc(O)c(Cl)c2)cc1.[Na]. The Bertz CT molecular complexity index is 763. The molecular formula is C12H9ClN2NaO4S. The normalized spacial score (nSPS) is 11.3. The molecule has 2 aromatic carbocycles. The fourth-order valence-corrected chi connectivity index (χ4v) is 2.01. The van der Waals surface area contributed by atoms with Crippen LogP contribution in [0.25, 0.3) is 0 Å². The van der Waals surface area contributed by atoms with Gasteiger partial charge in [0.2, 0.25) is 0 Å². The van der Waals surface area contributed by atoms with E-state index in [1.54, 1.807) is 0 Å². The van der Waals surface area contributed by atoms with Crippen LogP contribution in [0, 0.1) is 0 Å². The van der Waals surface area contributed by atoms with Crippen LogP contribution in [0.2, 0.25) is 5.02 Å². The molecule has 1 radical (unpaired) electrons. The summed E-state index contributed by atoms with van der Waals surface area (Å²) < 4.78 is 30.5. The maximum absolute atomic E-state index is 10.9. The summed E-state index contributed by atoms with van der Waals surface area (Å²) in [6.45, 7) is 0. The number of hydrogen-bond donors (Lipinski definition) is 2. The van der Waals surface area contributed by atoms with Crippen LogP contribution in [0.5, 0.6) is 5.75 Å². The van der Waals surface area contributed by atoms with Gasteiger partial charge in [0.1, 0.15) is 5.75 Å². The molecule has 0 aliphatic heterocycles. The van der Waals surface area contributed by atoms with Crippen molar-refractivity contribution in [2.24, 2.45) is 10.2 Å². The summed E-state index contributed by atoms with van der Waals surface area (Å²) in [6, 6.07) is 9.58. The number of benzene rings is 2. The van der Waals surface area contributed by atoms with Crippen LogP contribution < -0.4 is 0 Å². The second-order valence-electron chi connectivity index (χ2n) is 3.80. The molecule has 105 valence electrons. The standard InChI is InChI=1S/C12H9ClN2O4S.Na/c13-11-7-9(3-6-12(11)16)15-14-8-1-4-10(5-2-8)20(17,18)19;/h1-7,16H,(H,17,18,19);. The molecule has 0 aromatic heterocycles. The Labute approximate surface area is 148 Å². The molecule has 0 saturated heterocycles. The van der Waals surface area contributed by atoms with Crippen LogP contribution in [-0.4, -0.2) is 47.6 Å². The summed E-state index contributed by atoms with van der Waals surface area (Å²) in [5.41, 5.74) is 0.841. The minimum absolute atomic E-state index is 0. The summed E-state index contributed by atoms with van der Waals surface area (Å²) >= 11 is 5.72. The zero-order valence-electron chi connectivity index (χ0n) is 10.9. The molecular weight excluding hydrogens is 327 g/mol. The predicted octanol–water partition coefficient (Wildman–Crippen LogP) is 3.33. The minimum atomic E-state index is -4.21. The Hall–Kier alpha value is -0.960. The fraction of sp³-hybridized carbons (Fsp3) is 0. The summed E-state index contributed by atoms with van der Waals surface area (Å²) in [4.78, 5) is -0.218. The van der Waals surface area contributed by atoms with Crippen molar-refractivity contribution < 1.29 is 18.1 Å². The van der Waals surface area contributed by atoms with Gasteiger partial charge in [0.05, 0.1) is 21.3 Å². The second kappa shape index (κ2) is 7.35. The monoisotopic (exact) mass is 335 g/mol. The van der Waals surface area contributed by atoms with Gasteiger partial charge in [0, 0.05) is 29.6 Å². The molecule has 0 fully saturated rings. The van der Waals surface area contributed by atoms with Crippen LogP contribution in [0.3, 0.4) is 0 Å². The van der Waals surface area contributed by atoms with Gasteiger partial charge in [-0.25, -0.2) is 0 Å². The first-order chi connectivity index (χ1) is 9.36. The van der Waals surface area contributed by atoms with Gasteiger partial charge in [-0.05, 0) is 42.5 Å². The van der Waals surface area contributed by atoms with Gasteiger partial charge < -0.3 is 5.11 Å². The van der Waals surface area contributed by atoms with Crippen molar-refractivity contribution in [3.8, 4) is 5.75 Å². The quantitative estimate of drug-likeness (QED) is 0.510. The number of phenols is 1. The van der Waals surface area contributed by atoms with E-state index in [0.717, 1.165) is 0 Å². The molecule has 0 heterocycles. The number of phenolic OH excluding ortho intramolecular Hbond substituents is 1. The first-order valence-corrected chi connectivity index (χ1v) is 7.16. The Balaban J connectivity index is 0.00000220. The number of halogens is 1. The summed E-state index contributed by atoms with van der Waals surface area (Å²) in [6.07, 6.45) is 0. The summed E-state index contributed by atoms with van der Waals surface area (Å²) in [5, 5.41) is 17.2. The predicted molar refractivity (Wildman–Crippen MR) is 79.3 cm³/mol. The van der Waals surface area contributed by atoms with E-state index in [9.17, 15) is 13.5 Å². The van der Waals surface area contributed by atoms with Gasteiger partial charge in [0.15, 0.2) is 0 Å². The smallest absolute Gasteiger partial charge is 0.294 e. The summed E-state index contributed by atoms with van der Waals surface area (Å²) in [7, 11) is -4.21. The first kappa shape index (κ1) is 18.1. The molecule has 2 aromatic rings. The Morgan fingerprint density at radius 1 is 0.952 bits per heavy atom. The maximum atomic E-state index is 10.9. The molecule has 9 heteroatoms. The van der Waals surface area contributed by atoms with Crippen molar-refractivity contribution in [2.75, 3.05) is 0 Å². The average Bonchev–Trinajstić information content (AvgIpc) is 2.40. The van der Waals surface area contributed by atoms with Gasteiger partial charge in [-0.3, -0.25) is 4.55 Å². The molecule has 2 rings (SSSR count). The topological polar surface area (TPSA) is 99.3 Å². The van der Waals surface area contributed by atoms with Crippen molar-refractivity contribution in [3.05, 3.63) is 47.5 Å². The number of nitrogens with zero attached hydrogens (tertiary/aromatic N) is 2. The van der Waals surface area contributed by atoms with E-state index in [1.807, 2.05) is 0 Å². The number of aromatic hydroxyl groups is 1. The van der Waals surface area contributed by atoms with E-state index in [2.05, 4.69) is 10.2 Å². The van der Waals surface area contributed by atoms with E-state index < -0.39 is 10.1 Å². The Morgan fingerprint density at radius 3 is 2.00 bits per heavy atom. The molecule has 0 unspecified atom stereocenters. The van der Waals surface area contributed by atoms with E-state index in [0.29, 0.717) is 11.4 Å². The van der Waals surface area contributed by atoms with Gasteiger partial charge in [-0.15, -0.1) is 0 Å². The van der Waals surface area contributed by atoms with Crippen molar-refractivity contribution >= 4 is 62.7 Å². The van der Waals surface area contributed by atoms with E-state index >= 15 is 0 Å². The molecule has 0 saturated carbocycles. The number of rotatable bonds is 3. The van der Waals surface area contributed by atoms with E-state index in [4.69, 9.17) is 16.2 Å². The van der Waals surface area contributed by atoms with Gasteiger partial charge in [-0.1, -0.05) is 11.6 Å². The molecule has 2 N–H and O–H groups in total. The first-order valence-electron chi connectivity index (χ1n) is 5.34. The number of azo groups is 1. The van der Waals surface area contributed by atoms with Crippen molar-refractivity contribution in [2.45, 2.75) is 4.90 Å². The summed E-state index contributed by atoms with van der Waals surface area (Å²) in [5.74, 6) is -0.0527. The third kappa shape index (κ3) is 5.06. The van der Waals surface area contributed by atoms with Crippen molar-refractivity contribution in [1.82, 2.24) is 0 Å². The van der Waals surface area contributed by atoms with Crippen LogP contribution >= 0.6 is 11.6 Å². The third-order valence-corrected chi connectivity index (χ3v) is 3.52. The van der Waals surface area contributed by atoms with Crippen molar-refractivity contribution in [3.63, 3.8) is 0 Å². The molecule has 0 aliphatic rings. The van der Waals surface area contributed by atoms with Gasteiger partial charge >= 0.3 is 0 Å². The van der Waals surface area contributed by atoms with Crippen LogP contribution in [0.1, 0.15) is 0 Å². The van der Waals surface area contributed by atoms with Crippen LogP contribution in [0.4, 0.5) is 11.4 Å². The van der Waals surface area contributed by atoms with E-state index in [-0.39, 0.29) is 45.2 Å². The van der Waals surface area contributed by atoms with Gasteiger partial charge in [-0.2, -0.15) is 18.6 Å². The molecule has 0 amide bonds. The average molecular weight is 336 g/mol. The molecule has 0 atom stereocenters. The molecule has 0 aliphatic carbocycles. The zero-order valence-corrected chi connectivity index (χ0v) is 14.5. The van der Waals surface area contributed by atoms with Crippen molar-refractivity contribution in [1.29, 1.82) is 0 Å². The largest absolute Gasteiger partial charge is 0.506 e. The molecule has 0 bridgehead atoms. The van der Waals surface area contributed by atoms with Gasteiger partial charge in [0.25, 0.3) is 10.1 Å². The molecule has 21 heavy (non-hydrogen) atoms. The minimum Gasteiger partial charge on any atom is -0.506 e. The Morgan fingerprint density at radius 2 is 1.48 bits per heavy atom. The van der Waals surface area contributed by atoms with Crippen LogP contribution in [-0.2, 0) is 10.1 Å². The zero-order chi connectivity index (χ0) is 14.8. The molecule has 0 spiro atoms. The second-order valence-corrected chi connectivity index (χ2v) is 5.63. The third-order valence-electron chi connectivity index (χ3n) is 2.35. The fourth-order valence-electron chi connectivity index (χ4n) is 1.36. The maximum Gasteiger partial charge on any atom is 0.294 e. The number of hydrogen-bond acceptors (Lipinski definition) is 5. The van der Waals surface area contributed by atoms with E-state index in [1.165, 1.54) is 42.5 Å².